The van der Waals surface area contributed by atoms with Gasteiger partial charge in [0.15, 0.2) is 9.84 Å². The van der Waals surface area contributed by atoms with Crippen LogP contribution in [0.15, 0.2) is 53.2 Å². The van der Waals surface area contributed by atoms with Gasteiger partial charge < -0.3 is 9.80 Å². The Labute approximate surface area is 208 Å². The first-order valence-electron chi connectivity index (χ1n) is 11.4. The molecule has 35 heavy (non-hydrogen) atoms. The fourth-order valence-corrected chi connectivity index (χ4v) is 6.32. The number of fused-ring (bicyclic) bond motifs is 2. The van der Waals surface area contributed by atoms with E-state index in [9.17, 15) is 22.8 Å². The van der Waals surface area contributed by atoms with Crippen LogP contribution < -0.4 is 0 Å². The van der Waals surface area contributed by atoms with Crippen LogP contribution in [0.5, 0.6) is 0 Å². The van der Waals surface area contributed by atoms with E-state index in [1.165, 1.54) is 15.9 Å². The number of sulfone groups is 1. The molecule has 0 spiro atoms. The van der Waals surface area contributed by atoms with Crippen molar-refractivity contribution in [2.45, 2.75) is 30.2 Å². The summed E-state index contributed by atoms with van der Waals surface area (Å²) >= 11 is 5.99. The zero-order valence-corrected chi connectivity index (χ0v) is 20.8. The number of hydrogen-bond donors (Lipinski definition) is 0. The van der Waals surface area contributed by atoms with Gasteiger partial charge in [-0.1, -0.05) is 23.7 Å². The first kappa shape index (κ1) is 23.6. The second kappa shape index (κ2) is 8.83. The van der Waals surface area contributed by atoms with Gasteiger partial charge >= 0.3 is 6.03 Å². The second-order valence-electron chi connectivity index (χ2n) is 9.13. The van der Waals surface area contributed by atoms with Crippen molar-refractivity contribution in [3.8, 4) is 0 Å². The largest absolute Gasteiger partial charge is 0.360 e. The number of halogens is 1. The number of piperidine rings is 1. The number of urea groups is 1. The normalized spacial score (nSPS) is 19.1. The molecule has 0 atom stereocenters. The third-order valence-corrected chi connectivity index (χ3v) is 8.72. The number of carbonyl (C=O) groups is 3. The highest BCUT2D eigenvalue weighted by Crippen LogP contribution is 2.31. The summed E-state index contributed by atoms with van der Waals surface area (Å²) in [4.78, 5) is 44.5. The molecule has 0 saturated carbocycles. The minimum absolute atomic E-state index is 0.125. The van der Waals surface area contributed by atoms with Gasteiger partial charge in [-0.2, -0.15) is 0 Å². The lowest BCUT2D eigenvalue weighted by Crippen LogP contribution is -2.49. The Hall–Kier alpha value is -3.11. The van der Waals surface area contributed by atoms with Gasteiger partial charge in [-0.25, -0.2) is 13.2 Å². The van der Waals surface area contributed by atoms with Crippen molar-refractivity contribution in [3.05, 3.63) is 53.3 Å². The van der Waals surface area contributed by atoms with Gasteiger partial charge in [-0.3, -0.25) is 19.4 Å². The third kappa shape index (κ3) is 4.36. The van der Waals surface area contributed by atoms with E-state index in [0.717, 1.165) is 10.8 Å². The molecule has 5 rings (SSSR count). The van der Waals surface area contributed by atoms with Crippen LogP contribution in [0.25, 0.3) is 10.8 Å². The van der Waals surface area contributed by atoms with Gasteiger partial charge in [0.1, 0.15) is 5.70 Å². The second-order valence-corrected chi connectivity index (χ2v) is 11.7. The molecule has 3 aliphatic rings. The summed E-state index contributed by atoms with van der Waals surface area (Å²) in [5.41, 5.74) is 0.387. The SMILES string of the molecule is CN1C=C2C(=O)N(C3CCN(C(=O)CCS(=O)(=O)c4ccc5cc(Cl)ccc5c4)CC3)C(=O)N2C1. The summed E-state index contributed by atoms with van der Waals surface area (Å²) in [6.45, 7) is 1.10. The van der Waals surface area contributed by atoms with Crippen molar-refractivity contribution in [3.63, 3.8) is 0 Å². The van der Waals surface area contributed by atoms with Crippen LogP contribution in [0, 0.1) is 0 Å². The summed E-state index contributed by atoms with van der Waals surface area (Å²) in [5.74, 6) is -0.832. The summed E-state index contributed by atoms with van der Waals surface area (Å²) in [6, 6.07) is 9.48. The average Bonchev–Trinajstić information content (AvgIpc) is 3.33. The maximum absolute atomic E-state index is 12.9. The Bertz CT molecular complexity index is 1370. The quantitative estimate of drug-likeness (QED) is 0.567. The summed E-state index contributed by atoms with van der Waals surface area (Å²) < 4.78 is 25.7. The van der Waals surface area contributed by atoms with Gasteiger partial charge in [0, 0.05) is 43.8 Å². The molecule has 4 amide bonds. The molecule has 2 aromatic rings. The van der Waals surface area contributed by atoms with Crippen LogP contribution in [0.2, 0.25) is 5.02 Å². The van der Waals surface area contributed by atoms with E-state index in [4.69, 9.17) is 11.6 Å². The first-order chi connectivity index (χ1) is 16.6. The van der Waals surface area contributed by atoms with E-state index < -0.39 is 9.84 Å². The van der Waals surface area contributed by atoms with Crippen LogP contribution in [0.3, 0.4) is 0 Å². The van der Waals surface area contributed by atoms with Gasteiger partial charge in [0.25, 0.3) is 5.91 Å². The maximum atomic E-state index is 12.9. The van der Waals surface area contributed by atoms with Crippen LogP contribution in [0.1, 0.15) is 19.3 Å². The number of likely N-dealkylation sites (tertiary alicyclic amines) is 1. The molecule has 0 N–H and O–H groups in total. The van der Waals surface area contributed by atoms with E-state index in [0.29, 0.717) is 43.3 Å². The highest BCUT2D eigenvalue weighted by molar-refractivity contribution is 7.91. The number of nitrogens with zero attached hydrogens (tertiary/aromatic N) is 4. The van der Waals surface area contributed by atoms with Crippen molar-refractivity contribution >= 4 is 50.1 Å². The number of rotatable bonds is 5. The third-order valence-electron chi connectivity index (χ3n) is 6.77. The van der Waals surface area contributed by atoms with Crippen LogP contribution in [0.4, 0.5) is 4.79 Å². The lowest BCUT2D eigenvalue weighted by atomic mass is 10.0. The molecule has 3 heterocycles. The fraction of sp³-hybridized carbons (Fsp3) is 0.375. The Kier molecular flexibility index (Phi) is 5.96. The number of amides is 4. The molecule has 0 aliphatic carbocycles. The standard InChI is InChI=1S/C24H25ClN4O5S/c1-26-14-21-23(31)29(24(32)28(21)15-26)19-6-9-27(10-7-19)22(30)8-11-35(33,34)20-5-3-16-12-18(25)4-2-17(16)13-20/h2-5,12-14,19H,6-11,15H2,1H3. The maximum Gasteiger partial charge on any atom is 0.333 e. The zero-order valence-electron chi connectivity index (χ0n) is 19.2. The van der Waals surface area contributed by atoms with Crippen LogP contribution in [-0.2, 0) is 19.4 Å². The smallest absolute Gasteiger partial charge is 0.333 e. The van der Waals surface area contributed by atoms with E-state index in [-0.39, 0.29) is 41.0 Å². The molecule has 9 nitrogen and oxygen atoms in total. The van der Waals surface area contributed by atoms with Gasteiger partial charge in [-0.15, -0.1) is 0 Å². The number of hydrogen-bond acceptors (Lipinski definition) is 6. The van der Waals surface area contributed by atoms with Crippen molar-refractivity contribution in [2.75, 3.05) is 32.6 Å². The van der Waals surface area contributed by atoms with E-state index in [1.807, 2.05) is 0 Å². The van der Waals surface area contributed by atoms with Crippen LogP contribution >= 0.6 is 11.6 Å². The molecule has 0 bridgehead atoms. The van der Waals surface area contributed by atoms with E-state index in [1.54, 1.807) is 53.4 Å². The first-order valence-corrected chi connectivity index (χ1v) is 13.4. The minimum Gasteiger partial charge on any atom is -0.360 e. The summed E-state index contributed by atoms with van der Waals surface area (Å²) in [5, 5.41) is 2.18. The van der Waals surface area contributed by atoms with Crippen LogP contribution in [-0.4, -0.2) is 84.5 Å². The molecule has 0 aromatic heterocycles. The molecular formula is C24H25ClN4O5S. The molecular weight excluding hydrogens is 492 g/mol. The molecule has 184 valence electrons. The Morgan fingerprint density at radius 2 is 1.74 bits per heavy atom. The highest BCUT2D eigenvalue weighted by Gasteiger charge is 2.47. The molecule has 2 fully saturated rings. The molecule has 0 unspecified atom stereocenters. The predicted octanol–water partition coefficient (Wildman–Crippen LogP) is 2.66. The van der Waals surface area contributed by atoms with E-state index in [2.05, 4.69) is 0 Å². The van der Waals surface area contributed by atoms with Crippen molar-refractivity contribution < 1.29 is 22.8 Å². The van der Waals surface area contributed by atoms with Crippen molar-refractivity contribution in [2.24, 2.45) is 0 Å². The van der Waals surface area contributed by atoms with Crippen molar-refractivity contribution in [1.82, 2.24) is 19.6 Å². The predicted molar refractivity (Wildman–Crippen MR) is 130 cm³/mol. The van der Waals surface area contributed by atoms with E-state index >= 15 is 0 Å². The molecule has 3 aliphatic heterocycles. The zero-order chi connectivity index (χ0) is 24.9. The monoisotopic (exact) mass is 516 g/mol. The summed E-state index contributed by atoms with van der Waals surface area (Å²) in [6.07, 6.45) is 2.49. The fourth-order valence-electron chi connectivity index (χ4n) is 4.87. The van der Waals surface area contributed by atoms with Gasteiger partial charge in [0.2, 0.25) is 5.91 Å². The number of carbonyl (C=O) groups excluding carboxylic acids is 3. The summed E-state index contributed by atoms with van der Waals surface area (Å²) in [7, 11) is -1.84. The Morgan fingerprint density at radius 3 is 2.46 bits per heavy atom. The lowest BCUT2D eigenvalue weighted by molar-refractivity contribution is -0.132. The minimum atomic E-state index is -3.64. The highest BCUT2D eigenvalue weighted by atomic mass is 35.5. The molecule has 2 saturated heterocycles. The Morgan fingerprint density at radius 1 is 1.06 bits per heavy atom. The Balaban J connectivity index is 1.17. The average molecular weight is 517 g/mol. The molecule has 11 heteroatoms. The van der Waals surface area contributed by atoms with Crippen molar-refractivity contribution in [1.29, 1.82) is 0 Å². The number of benzene rings is 2. The van der Waals surface area contributed by atoms with Gasteiger partial charge in [0.05, 0.1) is 17.3 Å². The molecule has 0 radical (unpaired) electrons. The topological polar surface area (TPSA) is 98.3 Å². The number of imide groups is 1. The molecule has 2 aromatic carbocycles. The lowest BCUT2D eigenvalue weighted by Gasteiger charge is -2.35. The van der Waals surface area contributed by atoms with Gasteiger partial charge in [-0.05, 0) is 47.9 Å².